The molecule has 1 aromatic heterocycles. The van der Waals surface area contributed by atoms with Gasteiger partial charge in [-0.1, -0.05) is 61.5 Å². The summed E-state index contributed by atoms with van der Waals surface area (Å²) in [7, 11) is 0. The Hall–Kier alpha value is -3.34. The number of hydrogen-bond acceptors (Lipinski definition) is 3. The van der Waals surface area contributed by atoms with Gasteiger partial charge in [0, 0.05) is 19.5 Å². The first kappa shape index (κ1) is 19.0. The highest BCUT2D eigenvalue weighted by Crippen LogP contribution is 2.25. The summed E-state index contributed by atoms with van der Waals surface area (Å²) in [5.41, 5.74) is 3.34. The number of fused-ring (bicyclic) bond motifs is 1. The molecule has 2 atom stereocenters. The molecule has 3 aromatic rings. The average molecular weight is 388 g/mol. The van der Waals surface area contributed by atoms with Crippen molar-refractivity contribution >= 4 is 11.8 Å². The summed E-state index contributed by atoms with van der Waals surface area (Å²) in [6.45, 7) is 2.99. The monoisotopic (exact) mass is 388 g/mol. The van der Waals surface area contributed by atoms with Crippen molar-refractivity contribution in [3.8, 4) is 0 Å². The van der Waals surface area contributed by atoms with Crippen LogP contribution in [0.15, 0.2) is 77.4 Å². The van der Waals surface area contributed by atoms with Gasteiger partial charge in [0.15, 0.2) is 5.76 Å². The lowest BCUT2D eigenvalue weighted by Crippen LogP contribution is -2.53. The minimum Gasteiger partial charge on any atom is -0.459 e. The molecule has 2 heterocycles. The summed E-state index contributed by atoms with van der Waals surface area (Å²) in [6, 6.07) is 20.8. The van der Waals surface area contributed by atoms with Crippen molar-refractivity contribution in [3.05, 3.63) is 95.4 Å². The number of rotatable bonds is 5. The number of furan rings is 1. The quantitative estimate of drug-likeness (QED) is 0.724. The maximum Gasteiger partial charge on any atom is 0.290 e. The van der Waals surface area contributed by atoms with Gasteiger partial charge in [0.05, 0.1) is 6.26 Å². The number of nitrogens with one attached hydrogen (secondary N) is 1. The number of hydrogen-bond donors (Lipinski definition) is 1. The number of nitrogens with zero attached hydrogens (tertiary/aromatic N) is 1. The van der Waals surface area contributed by atoms with Crippen LogP contribution in [-0.2, 0) is 17.8 Å². The van der Waals surface area contributed by atoms with Crippen molar-refractivity contribution in [1.82, 2.24) is 10.2 Å². The number of amides is 2. The molecule has 0 saturated carbocycles. The molecule has 0 unspecified atom stereocenters. The van der Waals surface area contributed by atoms with Gasteiger partial charge < -0.3 is 14.6 Å². The van der Waals surface area contributed by atoms with E-state index in [0.29, 0.717) is 19.5 Å². The molecule has 0 saturated heterocycles. The third-order valence-electron chi connectivity index (χ3n) is 5.50. The smallest absolute Gasteiger partial charge is 0.290 e. The molecule has 4 rings (SSSR count). The summed E-state index contributed by atoms with van der Waals surface area (Å²) in [5.74, 6) is 0.0352. The van der Waals surface area contributed by atoms with E-state index >= 15 is 0 Å². The third kappa shape index (κ3) is 4.09. The van der Waals surface area contributed by atoms with Gasteiger partial charge in [-0.2, -0.15) is 0 Å². The van der Waals surface area contributed by atoms with E-state index < -0.39 is 6.04 Å². The summed E-state index contributed by atoms with van der Waals surface area (Å²) in [5, 5.41) is 3.05. The fraction of sp³-hybridized carbons (Fsp3) is 0.250. The lowest BCUT2D eigenvalue weighted by Gasteiger charge is -2.35. The van der Waals surface area contributed by atoms with Gasteiger partial charge in [0.2, 0.25) is 5.91 Å². The maximum atomic E-state index is 13.1. The third-order valence-corrected chi connectivity index (χ3v) is 5.50. The lowest BCUT2D eigenvalue weighted by molar-refractivity contribution is -0.126. The van der Waals surface area contributed by atoms with E-state index in [1.165, 1.54) is 11.8 Å². The van der Waals surface area contributed by atoms with Crippen molar-refractivity contribution in [2.75, 3.05) is 6.54 Å². The van der Waals surface area contributed by atoms with Gasteiger partial charge in [-0.15, -0.1) is 0 Å². The van der Waals surface area contributed by atoms with Crippen molar-refractivity contribution in [2.24, 2.45) is 0 Å². The van der Waals surface area contributed by atoms with Gasteiger partial charge in [-0.25, -0.2) is 0 Å². The lowest BCUT2D eigenvalue weighted by atomic mass is 9.93. The summed E-state index contributed by atoms with van der Waals surface area (Å²) in [6.07, 6.45) is 1.97. The molecular weight excluding hydrogens is 364 g/mol. The van der Waals surface area contributed by atoms with E-state index in [2.05, 4.69) is 24.4 Å². The minimum absolute atomic E-state index is 0.137. The Morgan fingerprint density at radius 1 is 1.03 bits per heavy atom. The Labute approximate surface area is 170 Å². The van der Waals surface area contributed by atoms with Crippen LogP contribution in [0.4, 0.5) is 0 Å². The second-order valence-corrected chi connectivity index (χ2v) is 7.46. The molecule has 2 aromatic carbocycles. The van der Waals surface area contributed by atoms with E-state index in [4.69, 9.17) is 4.42 Å². The van der Waals surface area contributed by atoms with Crippen LogP contribution in [-0.4, -0.2) is 29.3 Å². The van der Waals surface area contributed by atoms with E-state index in [1.807, 2.05) is 42.5 Å². The first-order valence-electron chi connectivity index (χ1n) is 9.87. The Kier molecular flexibility index (Phi) is 5.47. The summed E-state index contributed by atoms with van der Waals surface area (Å²) >= 11 is 0. The van der Waals surface area contributed by atoms with Crippen LogP contribution in [0.25, 0.3) is 0 Å². The van der Waals surface area contributed by atoms with Crippen LogP contribution >= 0.6 is 0 Å². The van der Waals surface area contributed by atoms with Crippen molar-refractivity contribution in [3.63, 3.8) is 0 Å². The van der Waals surface area contributed by atoms with Crippen LogP contribution in [0.3, 0.4) is 0 Å². The molecule has 0 radical (unpaired) electrons. The first-order valence-corrected chi connectivity index (χ1v) is 9.87. The van der Waals surface area contributed by atoms with E-state index in [9.17, 15) is 9.59 Å². The Balaban J connectivity index is 1.52. The van der Waals surface area contributed by atoms with Gasteiger partial charge in [-0.05, 0) is 34.7 Å². The molecule has 5 heteroatoms. The van der Waals surface area contributed by atoms with Crippen LogP contribution in [0.2, 0.25) is 0 Å². The molecule has 2 amide bonds. The predicted octanol–water partition coefficient (Wildman–Crippen LogP) is 3.77. The second kappa shape index (κ2) is 8.35. The zero-order valence-electron chi connectivity index (χ0n) is 16.4. The standard InChI is InChI=1S/C24H24N2O3/c1-17(18-8-3-2-4-9-18)15-25-23(27)21-14-19-10-5-6-11-20(19)16-26(21)24(28)22-12-7-13-29-22/h2-13,17,21H,14-16H2,1H3,(H,25,27)/t17-,21+/m1/s1. The fourth-order valence-electron chi connectivity index (χ4n) is 3.78. The molecule has 1 N–H and O–H groups in total. The highest BCUT2D eigenvalue weighted by atomic mass is 16.3. The van der Waals surface area contributed by atoms with Crippen LogP contribution < -0.4 is 5.32 Å². The molecule has 148 valence electrons. The molecule has 1 aliphatic rings. The van der Waals surface area contributed by atoms with Crippen LogP contribution in [0.1, 0.15) is 40.1 Å². The molecular formula is C24H24N2O3. The van der Waals surface area contributed by atoms with E-state index in [1.54, 1.807) is 17.0 Å². The van der Waals surface area contributed by atoms with Gasteiger partial charge in [0.25, 0.3) is 5.91 Å². The molecule has 0 aliphatic carbocycles. The zero-order chi connectivity index (χ0) is 20.2. The minimum atomic E-state index is -0.564. The Bertz CT molecular complexity index is 982. The molecule has 29 heavy (non-hydrogen) atoms. The van der Waals surface area contributed by atoms with E-state index in [-0.39, 0.29) is 23.5 Å². The second-order valence-electron chi connectivity index (χ2n) is 7.46. The largest absolute Gasteiger partial charge is 0.459 e. The summed E-state index contributed by atoms with van der Waals surface area (Å²) in [4.78, 5) is 27.7. The summed E-state index contributed by atoms with van der Waals surface area (Å²) < 4.78 is 5.30. The van der Waals surface area contributed by atoms with E-state index in [0.717, 1.165) is 11.1 Å². The Morgan fingerprint density at radius 3 is 2.48 bits per heavy atom. The maximum absolute atomic E-state index is 13.1. The first-order chi connectivity index (χ1) is 14.1. The molecule has 0 bridgehead atoms. The van der Waals surface area contributed by atoms with Crippen LogP contribution in [0.5, 0.6) is 0 Å². The topological polar surface area (TPSA) is 62.6 Å². The number of benzene rings is 2. The fourth-order valence-corrected chi connectivity index (χ4v) is 3.78. The SMILES string of the molecule is C[C@H](CNC(=O)[C@@H]1Cc2ccccc2CN1C(=O)c1ccco1)c1ccccc1. The number of carbonyl (C=O) groups excluding carboxylic acids is 2. The normalized spacial score (nSPS) is 16.7. The highest BCUT2D eigenvalue weighted by molar-refractivity contribution is 5.96. The molecule has 1 aliphatic heterocycles. The molecule has 0 fully saturated rings. The van der Waals surface area contributed by atoms with Crippen molar-refractivity contribution in [1.29, 1.82) is 0 Å². The van der Waals surface area contributed by atoms with Crippen LogP contribution in [0, 0.1) is 0 Å². The number of carbonyl (C=O) groups is 2. The molecule has 0 spiro atoms. The van der Waals surface area contributed by atoms with Gasteiger partial charge in [0.1, 0.15) is 6.04 Å². The van der Waals surface area contributed by atoms with Crippen molar-refractivity contribution < 1.29 is 14.0 Å². The molecule has 5 nitrogen and oxygen atoms in total. The van der Waals surface area contributed by atoms with Gasteiger partial charge >= 0.3 is 0 Å². The highest BCUT2D eigenvalue weighted by Gasteiger charge is 2.35. The van der Waals surface area contributed by atoms with Crippen molar-refractivity contribution in [2.45, 2.75) is 31.8 Å². The predicted molar refractivity (Wildman–Crippen MR) is 110 cm³/mol. The van der Waals surface area contributed by atoms with Gasteiger partial charge in [-0.3, -0.25) is 9.59 Å². The average Bonchev–Trinajstić information content (AvgIpc) is 3.31. The zero-order valence-corrected chi connectivity index (χ0v) is 16.4. The Morgan fingerprint density at radius 2 is 1.76 bits per heavy atom.